The molecule has 1 aromatic carbocycles. The average Bonchev–Trinajstić information content (AvgIpc) is 2.37. The summed E-state index contributed by atoms with van der Waals surface area (Å²) in [6.45, 7) is 1.36. The van der Waals surface area contributed by atoms with E-state index in [1.54, 1.807) is 0 Å². The number of rotatable bonds is 5. The molecular formula is C11H13N3O5. The summed E-state index contributed by atoms with van der Waals surface area (Å²) in [5, 5.41) is 24.5. The first kappa shape index (κ1) is 14.4. The molecule has 1 rings (SSSR count). The number of aliphatic carboxylic acids is 1. The summed E-state index contributed by atoms with van der Waals surface area (Å²) < 4.78 is 0. The fourth-order valence-electron chi connectivity index (χ4n) is 1.39. The average molecular weight is 267 g/mol. The molecule has 0 aliphatic rings. The Balaban J connectivity index is 3.15. The van der Waals surface area contributed by atoms with Gasteiger partial charge in [0, 0.05) is 18.7 Å². The largest absolute Gasteiger partial charge is 0.480 e. The summed E-state index contributed by atoms with van der Waals surface area (Å²) in [5.41, 5.74) is -0.176. The number of hydrogen-bond donors (Lipinski definition) is 3. The maximum atomic E-state index is 11.4. The number of nitrogens with zero attached hydrogens (tertiary/aromatic N) is 1. The van der Waals surface area contributed by atoms with Gasteiger partial charge in [-0.15, -0.1) is 0 Å². The van der Waals surface area contributed by atoms with Gasteiger partial charge in [0.05, 0.1) is 4.92 Å². The molecule has 0 bridgehead atoms. The quantitative estimate of drug-likeness (QED) is 0.536. The third-order valence-electron chi connectivity index (χ3n) is 2.43. The molecule has 102 valence electrons. The Kier molecular flexibility index (Phi) is 4.41. The molecule has 0 spiro atoms. The van der Waals surface area contributed by atoms with E-state index in [1.165, 1.54) is 26.1 Å². The van der Waals surface area contributed by atoms with Crippen LogP contribution >= 0.6 is 0 Å². The van der Waals surface area contributed by atoms with E-state index in [-0.39, 0.29) is 16.9 Å². The van der Waals surface area contributed by atoms with Crippen molar-refractivity contribution >= 4 is 23.3 Å². The van der Waals surface area contributed by atoms with Crippen molar-refractivity contribution in [2.75, 3.05) is 12.4 Å². The highest BCUT2D eigenvalue weighted by Gasteiger charge is 2.20. The topological polar surface area (TPSA) is 122 Å². The normalized spacial score (nSPS) is 11.5. The van der Waals surface area contributed by atoms with Gasteiger partial charge in [-0.1, -0.05) is 0 Å². The summed E-state index contributed by atoms with van der Waals surface area (Å²) >= 11 is 0. The molecule has 1 aromatic rings. The lowest BCUT2D eigenvalue weighted by Crippen LogP contribution is -2.26. The van der Waals surface area contributed by atoms with Crippen LogP contribution in [0.15, 0.2) is 18.2 Å². The third kappa shape index (κ3) is 3.41. The number of carboxylic acid groups (broad SMARTS) is 1. The Labute approximate surface area is 108 Å². The zero-order valence-corrected chi connectivity index (χ0v) is 10.3. The Morgan fingerprint density at radius 3 is 2.53 bits per heavy atom. The lowest BCUT2D eigenvalue weighted by atomic mass is 10.1. The molecule has 0 heterocycles. The molecule has 0 aliphatic heterocycles. The molecule has 0 fully saturated rings. The first-order valence-electron chi connectivity index (χ1n) is 5.36. The van der Waals surface area contributed by atoms with Crippen molar-refractivity contribution in [2.45, 2.75) is 13.0 Å². The minimum Gasteiger partial charge on any atom is -0.480 e. The van der Waals surface area contributed by atoms with Gasteiger partial charge < -0.3 is 15.7 Å². The molecule has 0 radical (unpaired) electrons. The predicted octanol–water partition coefficient (Wildman–Crippen LogP) is 0.839. The second kappa shape index (κ2) is 5.80. The van der Waals surface area contributed by atoms with Crippen LogP contribution in [0.25, 0.3) is 0 Å². The van der Waals surface area contributed by atoms with Crippen molar-refractivity contribution in [1.82, 2.24) is 5.32 Å². The van der Waals surface area contributed by atoms with Gasteiger partial charge in [0.2, 0.25) is 0 Å². The minimum absolute atomic E-state index is 0.0487. The zero-order valence-electron chi connectivity index (χ0n) is 10.3. The van der Waals surface area contributed by atoms with Gasteiger partial charge in [0.15, 0.2) is 0 Å². The minimum atomic E-state index is -1.13. The number of amides is 1. The monoisotopic (exact) mass is 267 g/mol. The van der Waals surface area contributed by atoms with Crippen LogP contribution < -0.4 is 10.6 Å². The maximum Gasteiger partial charge on any atom is 0.325 e. The van der Waals surface area contributed by atoms with E-state index in [2.05, 4.69) is 10.6 Å². The number of nitrogens with one attached hydrogen (secondary N) is 2. The van der Waals surface area contributed by atoms with Crippen LogP contribution in [0.2, 0.25) is 0 Å². The number of anilines is 1. The van der Waals surface area contributed by atoms with Crippen LogP contribution in [0.5, 0.6) is 0 Å². The first-order valence-corrected chi connectivity index (χ1v) is 5.36. The van der Waals surface area contributed by atoms with E-state index in [4.69, 9.17) is 5.11 Å². The van der Waals surface area contributed by atoms with E-state index in [0.717, 1.165) is 6.07 Å². The molecule has 0 saturated carbocycles. The molecule has 3 N–H and O–H groups in total. The third-order valence-corrected chi connectivity index (χ3v) is 2.43. The molecule has 0 unspecified atom stereocenters. The molecular weight excluding hydrogens is 254 g/mol. The van der Waals surface area contributed by atoms with Gasteiger partial charge in [-0.25, -0.2) is 0 Å². The van der Waals surface area contributed by atoms with Crippen molar-refractivity contribution in [3.05, 3.63) is 33.9 Å². The van der Waals surface area contributed by atoms with Gasteiger partial charge in [0.1, 0.15) is 11.7 Å². The molecule has 0 saturated heterocycles. The van der Waals surface area contributed by atoms with E-state index in [1.807, 2.05) is 0 Å². The van der Waals surface area contributed by atoms with E-state index < -0.39 is 22.8 Å². The summed E-state index contributed by atoms with van der Waals surface area (Å²) in [6.07, 6.45) is 0. The fourth-order valence-corrected chi connectivity index (χ4v) is 1.39. The first-order chi connectivity index (χ1) is 8.86. The Morgan fingerprint density at radius 1 is 1.42 bits per heavy atom. The Hall–Kier alpha value is -2.64. The van der Waals surface area contributed by atoms with E-state index in [0.29, 0.717) is 0 Å². The number of benzene rings is 1. The summed E-state index contributed by atoms with van der Waals surface area (Å²) in [5.74, 6) is -1.59. The zero-order chi connectivity index (χ0) is 14.6. The summed E-state index contributed by atoms with van der Waals surface area (Å²) in [4.78, 5) is 32.3. The van der Waals surface area contributed by atoms with Crippen LogP contribution in [0, 0.1) is 10.1 Å². The highest BCUT2D eigenvalue weighted by Crippen LogP contribution is 2.26. The number of carbonyl (C=O) groups excluding carboxylic acids is 1. The van der Waals surface area contributed by atoms with Crippen LogP contribution in [0.4, 0.5) is 11.4 Å². The van der Waals surface area contributed by atoms with Crippen LogP contribution in [-0.4, -0.2) is 35.0 Å². The van der Waals surface area contributed by atoms with Gasteiger partial charge in [-0.05, 0) is 19.1 Å². The number of carbonyl (C=O) groups is 2. The SMILES string of the molecule is CNC(=O)c1ccc(N[C@@H](C)C(=O)O)c([N+](=O)[O-])c1. The molecule has 1 amide bonds. The van der Waals surface area contributed by atoms with Crippen LogP contribution in [-0.2, 0) is 4.79 Å². The summed E-state index contributed by atoms with van der Waals surface area (Å²) in [6, 6.07) is 2.80. The molecule has 1 atom stereocenters. The van der Waals surface area contributed by atoms with E-state index in [9.17, 15) is 19.7 Å². The maximum absolute atomic E-state index is 11.4. The van der Waals surface area contributed by atoms with Crippen LogP contribution in [0.3, 0.4) is 0 Å². The van der Waals surface area contributed by atoms with E-state index >= 15 is 0 Å². The Bertz CT molecular complexity index is 529. The molecule has 0 aliphatic carbocycles. The van der Waals surface area contributed by atoms with Gasteiger partial charge >= 0.3 is 5.97 Å². The number of nitro benzene ring substituents is 1. The van der Waals surface area contributed by atoms with Gasteiger partial charge in [-0.2, -0.15) is 0 Å². The van der Waals surface area contributed by atoms with Crippen molar-refractivity contribution in [3.8, 4) is 0 Å². The molecule has 19 heavy (non-hydrogen) atoms. The molecule has 0 aromatic heterocycles. The predicted molar refractivity (Wildman–Crippen MR) is 67.2 cm³/mol. The second-order valence-corrected chi connectivity index (χ2v) is 3.77. The highest BCUT2D eigenvalue weighted by atomic mass is 16.6. The van der Waals surface area contributed by atoms with Crippen molar-refractivity contribution in [2.24, 2.45) is 0 Å². The highest BCUT2D eigenvalue weighted by molar-refractivity contribution is 5.95. The number of nitro groups is 1. The molecule has 8 heteroatoms. The molecule has 8 nitrogen and oxygen atoms in total. The standard InChI is InChI=1S/C11H13N3O5/c1-6(11(16)17)13-8-4-3-7(10(15)12-2)5-9(8)14(18)19/h3-6,13H,1-2H3,(H,12,15)(H,16,17)/t6-/m0/s1. The fraction of sp³-hybridized carbons (Fsp3) is 0.273. The lowest BCUT2D eigenvalue weighted by Gasteiger charge is -2.11. The number of carboxylic acids is 1. The van der Waals surface area contributed by atoms with Crippen molar-refractivity contribution < 1.29 is 19.6 Å². The van der Waals surface area contributed by atoms with Gasteiger partial charge in [0.25, 0.3) is 11.6 Å². The summed E-state index contributed by atoms with van der Waals surface area (Å²) in [7, 11) is 1.41. The smallest absolute Gasteiger partial charge is 0.325 e. The Morgan fingerprint density at radius 2 is 2.05 bits per heavy atom. The van der Waals surface area contributed by atoms with Crippen molar-refractivity contribution in [3.63, 3.8) is 0 Å². The van der Waals surface area contributed by atoms with Crippen molar-refractivity contribution in [1.29, 1.82) is 0 Å². The van der Waals surface area contributed by atoms with Crippen LogP contribution in [0.1, 0.15) is 17.3 Å². The van der Waals surface area contributed by atoms with Gasteiger partial charge in [-0.3, -0.25) is 19.7 Å². The second-order valence-electron chi connectivity index (χ2n) is 3.77. The number of hydrogen-bond acceptors (Lipinski definition) is 5. The lowest BCUT2D eigenvalue weighted by molar-refractivity contribution is -0.384.